The second-order valence-corrected chi connectivity index (χ2v) is 24.3. The molecule has 0 saturated heterocycles. The SMILES string of the molecule is Cc1cc(C)c(-c2cc3c4c(c2)Oc2cc5c(cc2B4c2cc4c(cc2O3)Oc2cc(-c3c(C)cc(C)cc3C)cc3c2B4c2oc4ccccc4c2O3)B2c3oc4ccccc4c3Oc3cc(-c4c(C)cc(C)cc4C)cc(c32)O5)c(C)c1. The lowest BCUT2D eigenvalue weighted by Crippen LogP contribution is -2.63. The molecule has 6 aliphatic heterocycles. The van der Waals surface area contributed by atoms with Crippen molar-refractivity contribution in [1.82, 2.24) is 0 Å². The lowest BCUT2D eigenvalue weighted by atomic mass is 9.31. The molecule has 0 bridgehead atoms. The number of furan rings is 2. The molecular weight excluding hydrogens is 1040 g/mol. The van der Waals surface area contributed by atoms with Crippen molar-refractivity contribution < 1.29 is 37.3 Å². The summed E-state index contributed by atoms with van der Waals surface area (Å²) >= 11 is 0. The maximum absolute atomic E-state index is 7.33. The largest absolute Gasteiger partial charge is 0.466 e. The second kappa shape index (κ2) is 16.7. The first-order chi connectivity index (χ1) is 40.8. The van der Waals surface area contributed by atoms with Gasteiger partial charge < -0.3 is 37.3 Å². The van der Waals surface area contributed by atoms with Crippen LogP contribution in [0, 0.1) is 62.3 Å². The van der Waals surface area contributed by atoms with E-state index in [0.29, 0.717) is 34.5 Å². The quantitative estimate of drug-likeness (QED) is 0.162. The van der Waals surface area contributed by atoms with Crippen molar-refractivity contribution in [1.29, 1.82) is 0 Å². The molecule has 2 aromatic heterocycles. The highest BCUT2D eigenvalue weighted by molar-refractivity contribution is 7.02. The van der Waals surface area contributed by atoms with Gasteiger partial charge in [0.15, 0.2) is 11.5 Å². The monoisotopic (exact) mass is 1090 g/mol. The van der Waals surface area contributed by atoms with E-state index < -0.39 is 0 Å². The minimum atomic E-state index is -0.373. The third-order valence-electron chi connectivity index (χ3n) is 18.6. The molecule has 18 rings (SSSR count). The van der Waals surface area contributed by atoms with Gasteiger partial charge in [-0.1, -0.05) is 89.5 Å². The summed E-state index contributed by atoms with van der Waals surface area (Å²) in [6, 6.07) is 51.7. The van der Waals surface area contributed by atoms with Gasteiger partial charge >= 0.3 is 13.4 Å². The van der Waals surface area contributed by atoms with Crippen LogP contribution in [-0.2, 0) is 0 Å². The van der Waals surface area contributed by atoms with E-state index in [4.69, 9.17) is 37.3 Å². The average molecular weight is 1090 g/mol. The molecule has 12 aromatic rings. The molecule has 0 radical (unpaired) electrons. The lowest BCUT2D eigenvalue weighted by Gasteiger charge is -2.37. The number of hydrogen-bond donors (Lipinski definition) is 0. The smallest absolute Gasteiger partial charge is 0.305 e. The van der Waals surface area contributed by atoms with E-state index in [1.807, 2.05) is 36.4 Å². The van der Waals surface area contributed by atoms with Gasteiger partial charge in [0, 0.05) is 28.5 Å². The number of hydrogen-bond acceptors (Lipinski definition) is 8. The molecule has 0 atom stereocenters. The standard InChI is InChI=1S/C73H51B3O8/c1-34-18-37(4)64(38(5)19-34)43-24-58-67-59(25-43)78-55-33-57-51(76-69-61(80-57)27-45(66-41(8)22-36(3)23-42(66)9)29-63(69)82-71-47-15-11-13-17-53(47)84-73(71)76)31-49(55)74(67)48-30-50-56(32-54(48)77-58)79-60-26-44(65-39(6)20-35(2)21-40(65)7)28-62-68(60)75(50)72-70(81-62)46-14-10-12-16-52(46)83-72/h10-33H,1-9H3. The molecule has 84 heavy (non-hydrogen) atoms. The first kappa shape index (κ1) is 47.9. The van der Waals surface area contributed by atoms with Gasteiger partial charge in [-0.3, -0.25) is 0 Å². The molecule has 10 aromatic carbocycles. The maximum atomic E-state index is 7.33. The summed E-state index contributed by atoms with van der Waals surface area (Å²) in [5.41, 5.74) is 27.0. The highest BCUT2D eigenvalue weighted by atomic mass is 16.5. The Morgan fingerprint density at radius 1 is 0.274 bits per heavy atom. The highest BCUT2D eigenvalue weighted by Gasteiger charge is 2.50. The lowest BCUT2D eigenvalue weighted by molar-refractivity contribution is 0.447. The zero-order chi connectivity index (χ0) is 56.5. The summed E-state index contributed by atoms with van der Waals surface area (Å²) in [6.45, 7) is 18.4. The van der Waals surface area contributed by atoms with Crippen LogP contribution in [0.2, 0.25) is 0 Å². The van der Waals surface area contributed by atoms with E-state index in [9.17, 15) is 0 Å². The molecule has 0 saturated carbocycles. The normalized spacial score (nSPS) is 13.8. The Morgan fingerprint density at radius 2 is 0.560 bits per heavy atom. The van der Waals surface area contributed by atoms with E-state index in [1.165, 1.54) is 50.1 Å². The zero-order valence-electron chi connectivity index (χ0n) is 47.9. The second-order valence-electron chi connectivity index (χ2n) is 24.3. The molecule has 400 valence electrons. The number of fused-ring (bicyclic) bond motifs is 16. The Labute approximate surface area is 486 Å². The predicted molar refractivity (Wildman–Crippen MR) is 338 cm³/mol. The molecular formula is C73H51B3O8. The Kier molecular flexibility index (Phi) is 9.53. The number of ether oxygens (including phenoxy) is 6. The summed E-state index contributed by atoms with van der Waals surface area (Å²) < 4.78 is 57.2. The molecule has 11 heteroatoms. The van der Waals surface area contributed by atoms with Crippen LogP contribution < -0.4 is 78.0 Å². The summed E-state index contributed by atoms with van der Waals surface area (Å²) in [5.74, 6) is 8.58. The van der Waals surface area contributed by atoms with Gasteiger partial charge in [-0.15, -0.1) is 0 Å². The van der Waals surface area contributed by atoms with E-state index in [1.54, 1.807) is 0 Å². The first-order valence-corrected chi connectivity index (χ1v) is 29.0. The van der Waals surface area contributed by atoms with E-state index in [2.05, 4.69) is 172 Å². The van der Waals surface area contributed by atoms with Crippen LogP contribution in [0.15, 0.2) is 154 Å². The molecule has 0 aliphatic carbocycles. The number of aryl methyl sites for hydroxylation is 9. The van der Waals surface area contributed by atoms with Gasteiger partial charge in [0.05, 0.1) is 10.8 Å². The fourth-order valence-corrected chi connectivity index (χ4v) is 15.6. The van der Waals surface area contributed by atoms with Crippen molar-refractivity contribution in [2.24, 2.45) is 0 Å². The van der Waals surface area contributed by atoms with E-state index in [0.717, 1.165) is 139 Å². The number of rotatable bonds is 3. The van der Waals surface area contributed by atoms with Crippen LogP contribution in [0.1, 0.15) is 50.1 Å². The third kappa shape index (κ3) is 6.58. The number of para-hydroxylation sites is 2. The molecule has 6 aliphatic rings. The minimum Gasteiger partial charge on any atom is -0.466 e. The Balaban J connectivity index is 0.870. The van der Waals surface area contributed by atoms with Crippen molar-refractivity contribution in [3.05, 3.63) is 196 Å². The summed E-state index contributed by atoms with van der Waals surface area (Å²) in [6.07, 6.45) is 0. The van der Waals surface area contributed by atoms with Crippen molar-refractivity contribution in [3.63, 3.8) is 0 Å². The summed E-state index contributed by atoms with van der Waals surface area (Å²) in [4.78, 5) is 0. The van der Waals surface area contributed by atoms with Crippen molar-refractivity contribution in [2.45, 2.75) is 62.3 Å². The van der Waals surface area contributed by atoms with Crippen molar-refractivity contribution in [3.8, 4) is 102 Å². The van der Waals surface area contributed by atoms with E-state index in [-0.39, 0.29) is 20.1 Å². The first-order valence-electron chi connectivity index (χ1n) is 29.0. The fourth-order valence-electron chi connectivity index (χ4n) is 15.6. The molecule has 8 nitrogen and oxygen atoms in total. The highest BCUT2D eigenvalue weighted by Crippen LogP contribution is 2.48. The van der Waals surface area contributed by atoms with Crippen LogP contribution in [-0.4, -0.2) is 20.1 Å². The van der Waals surface area contributed by atoms with Gasteiger partial charge in [-0.05, 0) is 212 Å². The number of benzene rings is 10. The third-order valence-corrected chi connectivity index (χ3v) is 18.6. The Morgan fingerprint density at radius 3 is 0.893 bits per heavy atom. The van der Waals surface area contributed by atoms with Gasteiger partial charge in [-0.2, -0.15) is 0 Å². The van der Waals surface area contributed by atoms with Crippen LogP contribution in [0.5, 0.6) is 69.0 Å². The summed E-state index contributed by atoms with van der Waals surface area (Å²) in [5, 5.41) is 1.84. The van der Waals surface area contributed by atoms with Crippen molar-refractivity contribution in [2.75, 3.05) is 0 Å². The van der Waals surface area contributed by atoms with Crippen LogP contribution in [0.25, 0.3) is 55.3 Å². The molecule has 8 heterocycles. The fraction of sp³-hybridized carbons (Fsp3) is 0.123. The average Bonchev–Trinajstić information content (AvgIpc) is 1.17. The van der Waals surface area contributed by atoms with Crippen molar-refractivity contribution >= 4 is 91.6 Å². The predicted octanol–water partition coefficient (Wildman–Crippen LogP) is 13.1. The Bertz CT molecular complexity index is 4710. The van der Waals surface area contributed by atoms with Crippen LogP contribution in [0.4, 0.5) is 0 Å². The van der Waals surface area contributed by atoms with Gasteiger partial charge in [-0.25, -0.2) is 0 Å². The molecule has 0 unspecified atom stereocenters. The molecule has 0 N–H and O–H groups in total. The van der Waals surface area contributed by atoms with Gasteiger partial charge in [0.2, 0.25) is 0 Å². The molecule has 0 fully saturated rings. The molecule has 0 spiro atoms. The van der Waals surface area contributed by atoms with Crippen LogP contribution in [0.3, 0.4) is 0 Å². The molecule has 0 amide bonds. The topological polar surface area (TPSA) is 81.7 Å². The van der Waals surface area contributed by atoms with Gasteiger partial charge in [0.1, 0.15) is 80.0 Å². The Hall–Kier alpha value is -9.73. The van der Waals surface area contributed by atoms with E-state index >= 15 is 0 Å². The maximum Gasteiger partial charge on any atom is 0.305 e. The zero-order valence-corrected chi connectivity index (χ0v) is 47.9. The van der Waals surface area contributed by atoms with Crippen LogP contribution >= 0.6 is 0 Å². The summed E-state index contributed by atoms with van der Waals surface area (Å²) in [7, 11) is 0. The van der Waals surface area contributed by atoms with Gasteiger partial charge in [0.25, 0.3) is 6.71 Å². The minimum absolute atomic E-state index is 0.358.